The zero-order valence-corrected chi connectivity index (χ0v) is 24.0. The summed E-state index contributed by atoms with van der Waals surface area (Å²) in [5.41, 5.74) is 13.0. The van der Waals surface area contributed by atoms with Gasteiger partial charge in [0, 0.05) is 27.6 Å². The van der Waals surface area contributed by atoms with E-state index < -0.39 is 0 Å². The maximum atomic E-state index is 9.91. The lowest BCUT2D eigenvalue weighted by molar-refractivity contribution is 1.18. The predicted octanol–water partition coefficient (Wildman–Crippen LogP) is 10.8. The second-order valence-electron chi connectivity index (χ2n) is 10.9. The van der Waals surface area contributed by atoms with E-state index in [4.69, 9.17) is 6.57 Å². The lowest BCUT2D eigenvalue weighted by atomic mass is 9.94. The van der Waals surface area contributed by atoms with Crippen LogP contribution >= 0.6 is 0 Å². The Balaban J connectivity index is 1.54. The van der Waals surface area contributed by atoms with Crippen LogP contribution in [0.5, 0.6) is 0 Å². The Morgan fingerprint density at radius 1 is 0.581 bits per heavy atom. The quantitative estimate of drug-likeness (QED) is 0.201. The Hall–Kier alpha value is -5.90. The van der Waals surface area contributed by atoms with Crippen LogP contribution in [0, 0.1) is 31.8 Å². The summed E-state index contributed by atoms with van der Waals surface area (Å²) >= 11 is 0. The van der Waals surface area contributed by atoms with Gasteiger partial charge in [-0.2, -0.15) is 5.26 Å². The molecule has 0 saturated carbocycles. The fourth-order valence-electron chi connectivity index (χ4n) is 6.37. The summed E-state index contributed by atoms with van der Waals surface area (Å²) < 4.78 is 2.32. The van der Waals surface area contributed by atoms with Gasteiger partial charge in [-0.1, -0.05) is 84.9 Å². The lowest BCUT2D eigenvalue weighted by Crippen LogP contribution is -1.95. The molecule has 0 spiro atoms. The highest BCUT2D eigenvalue weighted by Gasteiger charge is 2.18. The van der Waals surface area contributed by atoms with Crippen molar-refractivity contribution in [3.63, 3.8) is 0 Å². The number of hydrogen-bond donors (Lipinski definition) is 0. The summed E-state index contributed by atoms with van der Waals surface area (Å²) in [6.07, 6.45) is 0. The van der Waals surface area contributed by atoms with Gasteiger partial charge in [-0.3, -0.25) is 0 Å². The topological polar surface area (TPSA) is 33.1 Å². The number of aromatic nitrogens is 1. The standard InChI is InChI=1S/C40H27N3/c1-26-10-7-11-27(2)39(26)30-18-20-37-34(23-30)35-24-31(40-32(25-41)15-9-17-36(40)42-3)19-21-38(35)43(37)33-16-8-14-29(22-33)28-12-5-4-6-13-28/h4-24H,1-2H3. The normalized spacial score (nSPS) is 11.0. The lowest BCUT2D eigenvalue weighted by Gasteiger charge is -2.12. The summed E-state index contributed by atoms with van der Waals surface area (Å²) in [7, 11) is 0. The third-order valence-corrected chi connectivity index (χ3v) is 8.32. The second-order valence-corrected chi connectivity index (χ2v) is 10.9. The van der Waals surface area contributed by atoms with Crippen LogP contribution in [-0.4, -0.2) is 4.57 Å². The molecule has 0 radical (unpaired) electrons. The molecule has 7 aromatic rings. The Morgan fingerprint density at radius 3 is 1.84 bits per heavy atom. The molecule has 0 fully saturated rings. The van der Waals surface area contributed by atoms with Gasteiger partial charge in [0.05, 0.1) is 23.7 Å². The number of nitriles is 1. The van der Waals surface area contributed by atoms with Crippen LogP contribution < -0.4 is 0 Å². The van der Waals surface area contributed by atoms with E-state index in [-0.39, 0.29) is 0 Å². The van der Waals surface area contributed by atoms with Gasteiger partial charge in [0.2, 0.25) is 0 Å². The van der Waals surface area contributed by atoms with Crippen LogP contribution in [0.15, 0.2) is 127 Å². The Bertz CT molecular complexity index is 2220. The van der Waals surface area contributed by atoms with Gasteiger partial charge in [0.1, 0.15) is 0 Å². The first-order valence-electron chi connectivity index (χ1n) is 14.3. The van der Waals surface area contributed by atoms with Gasteiger partial charge >= 0.3 is 0 Å². The van der Waals surface area contributed by atoms with Crippen molar-refractivity contribution in [1.82, 2.24) is 4.57 Å². The van der Waals surface area contributed by atoms with E-state index in [1.54, 1.807) is 18.2 Å². The van der Waals surface area contributed by atoms with Crippen LogP contribution in [0.4, 0.5) is 5.69 Å². The van der Waals surface area contributed by atoms with Gasteiger partial charge < -0.3 is 4.57 Å². The number of aryl methyl sites for hydroxylation is 2. The Kier molecular flexibility index (Phi) is 6.35. The highest BCUT2D eigenvalue weighted by Crippen LogP contribution is 2.41. The summed E-state index contributed by atoms with van der Waals surface area (Å²) in [5, 5.41) is 12.1. The van der Waals surface area contributed by atoms with E-state index in [0.29, 0.717) is 16.8 Å². The van der Waals surface area contributed by atoms with Crippen molar-refractivity contribution in [2.75, 3.05) is 0 Å². The average Bonchev–Trinajstić information content (AvgIpc) is 3.37. The molecule has 1 heterocycles. The molecule has 0 N–H and O–H groups in total. The van der Waals surface area contributed by atoms with Gasteiger partial charge in [-0.15, -0.1) is 0 Å². The first-order valence-corrected chi connectivity index (χ1v) is 14.3. The smallest absolute Gasteiger partial charge is 0.196 e. The van der Waals surface area contributed by atoms with Crippen molar-refractivity contribution < 1.29 is 0 Å². The summed E-state index contributed by atoms with van der Waals surface area (Å²) in [6, 6.07) is 46.2. The van der Waals surface area contributed by atoms with E-state index >= 15 is 0 Å². The molecular weight excluding hydrogens is 522 g/mol. The molecule has 0 saturated heterocycles. The number of benzene rings is 6. The minimum Gasteiger partial charge on any atom is -0.309 e. The molecule has 0 aliphatic rings. The number of nitrogens with zero attached hydrogens (tertiary/aromatic N) is 3. The highest BCUT2D eigenvalue weighted by atomic mass is 15.0. The SMILES string of the molecule is [C-]#[N+]c1cccc(C#N)c1-c1ccc2c(c1)c1cc(-c3c(C)cccc3C)ccc1n2-c1cccc(-c2ccccc2)c1. The van der Waals surface area contributed by atoms with Crippen molar-refractivity contribution in [3.05, 3.63) is 156 Å². The van der Waals surface area contributed by atoms with Crippen molar-refractivity contribution in [2.24, 2.45) is 0 Å². The first-order chi connectivity index (χ1) is 21.1. The summed E-state index contributed by atoms with van der Waals surface area (Å²) in [6.45, 7) is 12.1. The molecule has 0 bridgehead atoms. The number of fused-ring (bicyclic) bond motifs is 3. The van der Waals surface area contributed by atoms with E-state index in [0.717, 1.165) is 38.6 Å². The molecule has 7 rings (SSSR count). The van der Waals surface area contributed by atoms with Crippen molar-refractivity contribution >= 4 is 27.5 Å². The molecule has 0 atom stereocenters. The molecular formula is C40H27N3. The van der Waals surface area contributed by atoms with E-state index in [2.05, 4.69) is 126 Å². The summed E-state index contributed by atoms with van der Waals surface area (Å²) in [5.74, 6) is 0. The maximum absolute atomic E-state index is 9.91. The van der Waals surface area contributed by atoms with Gasteiger partial charge in [0.15, 0.2) is 5.69 Å². The minimum atomic E-state index is 0.480. The van der Waals surface area contributed by atoms with Gasteiger partial charge in [-0.25, -0.2) is 4.85 Å². The molecule has 43 heavy (non-hydrogen) atoms. The van der Waals surface area contributed by atoms with Crippen LogP contribution in [-0.2, 0) is 0 Å². The first kappa shape index (κ1) is 26.0. The molecule has 0 aliphatic heterocycles. The second kappa shape index (κ2) is 10.5. The highest BCUT2D eigenvalue weighted by molar-refractivity contribution is 6.12. The molecule has 0 amide bonds. The predicted molar refractivity (Wildman–Crippen MR) is 178 cm³/mol. The molecule has 202 valence electrons. The van der Waals surface area contributed by atoms with Crippen molar-refractivity contribution in [3.8, 4) is 45.1 Å². The van der Waals surface area contributed by atoms with Gasteiger partial charge in [0.25, 0.3) is 0 Å². The summed E-state index contributed by atoms with van der Waals surface area (Å²) in [4.78, 5) is 3.76. The zero-order valence-electron chi connectivity index (χ0n) is 24.0. The fourth-order valence-corrected chi connectivity index (χ4v) is 6.37. The van der Waals surface area contributed by atoms with Crippen LogP contribution in [0.25, 0.3) is 65.7 Å². The number of rotatable bonds is 4. The zero-order chi connectivity index (χ0) is 29.5. The van der Waals surface area contributed by atoms with E-state index in [9.17, 15) is 5.26 Å². The van der Waals surface area contributed by atoms with Crippen molar-refractivity contribution in [2.45, 2.75) is 13.8 Å². The van der Waals surface area contributed by atoms with Crippen LogP contribution in [0.1, 0.15) is 16.7 Å². The van der Waals surface area contributed by atoms with Crippen LogP contribution in [0.2, 0.25) is 0 Å². The van der Waals surface area contributed by atoms with Crippen molar-refractivity contribution in [1.29, 1.82) is 5.26 Å². The minimum absolute atomic E-state index is 0.480. The largest absolute Gasteiger partial charge is 0.309 e. The monoisotopic (exact) mass is 549 g/mol. The maximum Gasteiger partial charge on any atom is 0.196 e. The molecule has 3 heteroatoms. The molecule has 0 unspecified atom stereocenters. The number of hydrogen-bond acceptors (Lipinski definition) is 1. The Morgan fingerprint density at radius 2 is 1.19 bits per heavy atom. The van der Waals surface area contributed by atoms with E-state index in [1.165, 1.54) is 27.8 Å². The third kappa shape index (κ3) is 4.36. The third-order valence-electron chi connectivity index (χ3n) is 8.32. The average molecular weight is 550 g/mol. The van der Waals surface area contributed by atoms with E-state index in [1.807, 2.05) is 12.1 Å². The molecule has 1 aromatic heterocycles. The van der Waals surface area contributed by atoms with Gasteiger partial charge in [-0.05, 0) is 95.3 Å². The molecule has 0 aliphatic carbocycles. The molecule has 6 aromatic carbocycles. The molecule has 3 nitrogen and oxygen atoms in total. The Labute approximate surface area is 251 Å². The van der Waals surface area contributed by atoms with Crippen LogP contribution in [0.3, 0.4) is 0 Å². The fraction of sp³-hybridized carbons (Fsp3) is 0.0500.